The number of aromatic nitrogens is 4. The van der Waals surface area contributed by atoms with Gasteiger partial charge in [0, 0.05) is 50.0 Å². The van der Waals surface area contributed by atoms with E-state index in [-0.39, 0.29) is 11.1 Å². The molecule has 0 atom stereocenters. The zero-order chi connectivity index (χ0) is 18.0. The van der Waals surface area contributed by atoms with E-state index in [0.29, 0.717) is 12.6 Å². The van der Waals surface area contributed by atoms with Gasteiger partial charge in [0.05, 0.1) is 5.69 Å². The summed E-state index contributed by atoms with van der Waals surface area (Å²) < 4.78 is 1.64. The molecule has 0 N–H and O–H groups in total. The van der Waals surface area contributed by atoms with Crippen molar-refractivity contribution in [2.75, 3.05) is 31.6 Å². The fourth-order valence-corrected chi connectivity index (χ4v) is 2.82. The summed E-state index contributed by atoms with van der Waals surface area (Å²) in [6, 6.07) is 6.37. The van der Waals surface area contributed by atoms with E-state index < -0.39 is 0 Å². The number of hydrogen-bond acceptors (Lipinski definition) is 6. The van der Waals surface area contributed by atoms with Crippen LogP contribution in [0.2, 0.25) is 0 Å². The Morgan fingerprint density at radius 3 is 2.60 bits per heavy atom. The highest BCUT2D eigenvalue weighted by molar-refractivity contribution is 5.42. The van der Waals surface area contributed by atoms with Crippen LogP contribution in [0.4, 0.5) is 5.82 Å². The Hall–Kier alpha value is -2.28. The molecular weight excluding hydrogens is 316 g/mol. The van der Waals surface area contributed by atoms with Crippen molar-refractivity contribution < 1.29 is 0 Å². The normalized spacial score (nSPS) is 15.5. The van der Waals surface area contributed by atoms with Gasteiger partial charge in [-0.05, 0) is 25.2 Å². The Kier molecular flexibility index (Phi) is 4.85. The summed E-state index contributed by atoms with van der Waals surface area (Å²) in [4.78, 5) is 19.9. The highest BCUT2D eigenvalue weighted by Gasteiger charge is 2.31. The van der Waals surface area contributed by atoms with Gasteiger partial charge in [0.1, 0.15) is 0 Å². The first-order valence-corrected chi connectivity index (χ1v) is 8.65. The van der Waals surface area contributed by atoms with Gasteiger partial charge in [0.25, 0.3) is 0 Å². The maximum atomic E-state index is 11.6. The number of rotatable bonds is 5. The fraction of sp³-hybridized carbons (Fsp3) is 0.556. The molecule has 7 heteroatoms. The summed E-state index contributed by atoms with van der Waals surface area (Å²) >= 11 is 0. The zero-order valence-corrected chi connectivity index (χ0v) is 15.4. The number of nitrogens with zero attached hydrogens (tertiary/aromatic N) is 6. The van der Waals surface area contributed by atoms with Crippen LogP contribution in [0.25, 0.3) is 0 Å². The second-order valence-electron chi connectivity index (χ2n) is 7.66. The third-order valence-electron chi connectivity index (χ3n) is 4.70. The summed E-state index contributed by atoms with van der Waals surface area (Å²) in [7, 11) is 2.10. The lowest BCUT2D eigenvalue weighted by Crippen LogP contribution is -2.59. The molecule has 0 spiro atoms. The van der Waals surface area contributed by atoms with Crippen LogP contribution in [0.15, 0.2) is 35.4 Å². The second-order valence-corrected chi connectivity index (χ2v) is 7.66. The average molecular weight is 342 g/mol. The minimum Gasteiger partial charge on any atom is -0.352 e. The van der Waals surface area contributed by atoms with Crippen molar-refractivity contribution in [3.8, 4) is 0 Å². The molecule has 2 aromatic rings. The Labute approximate surface area is 148 Å². The monoisotopic (exact) mass is 342 g/mol. The fourth-order valence-electron chi connectivity index (χ4n) is 2.82. The van der Waals surface area contributed by atoms with E-state index in [4.69, 9.17) is 0 Å². The van der Waals surface area contributed by atoms with Crippen molar-refractivity contribution >= 4 is 5.82 Å². The van der Waals surface area contributed by atoms with Crippen LogP contribution in [-0.4, -0.2) is 57.4 Å². The molecule has 25 heavy (non-hydrogen) atoms. The van der Waals surface area contributed by atoms with Gasteiger partial charge >= 0.3 is 5.69 Å². The van der Waals surface area contributed by atoms with Crippen LogP contribution in [0.1, 0.15) is 26.5 Å². The van der Waals surface area contributed by atoms with Crippen molar-refractivity contribution in [1.29, 1.82) is 0 Å². The molecule has 0 aliphatic carbocycles. The van der Waals surface area contributed by atoms with Crippen molar-refractivity contribution in [3.63, 3.8) is 0 Å². The van der Waals surface area contributed by atoms with Gasteiger partial charge in [-0.3, -0.25) is 9.47 Å². The maximum absolute atomic E-state index is 11.6. The van der Waals surface area contributed by atoms with E-state index in [2.05, 4.69) is 64.9 Å². The van der Waals surface area contributed by atoms with Crippen molar-refractivity contribution in [2.45, 2.75) is 38.8 Å². The molecule has 0 amide bonds. The molecular formula is C18H26N6O. The molecule has 3 rings (SSSR count). The van der Waals surface area contributed by atoms with Crippen LogP contribution in [0, 0.1) is 0 Å². The van der Waals surface area contributed by atoms with Crippen LogP contribution in [-0.2, 0) is 12.0 Å². The van der Waals surface area contributed by atoms with E-state index in [1.54, 1.807) is 16.8 Å². The highest BCUT2D eigenvalue weighted by atomic mass is 16.1. The predicted molar refractivity (Wildman–Crippen MR) is 97.9 cm³/mol. The number of anilines is 1. The standard InChI is InChI=1S/C18H26N6O/c1-18(2,3)15-6-7-16(21-20-15)24-12-14(13-24)22(4)10-11-23-9-5-8-19-17(23)25/h5-9,14H,10-13H2,1-4H3. The summed E-state index contributed by atoms with van der Waals surface area (Å²) in [5.74, 6) is 0.932. The maximum Gasteiger partial charge on any atom is 0.347 e. The topological polar surface area (TPSA) is 67.2 Å². The summed E-state index contributed by atoms with van der Waals surface area (Å²) in [5, 5.41) is 8.73. The summed E-state index contributed by atoms with van der Waals surface area (Å²) in [5.41, 5.74) is 0.834. The molecule has 0 aromatic carbocycles. The zero-order valence-electron chi connectivity index (χ0n) is 15.4. The molecule has 0 saturated carbocycles. The second kappa shape index (κ2) is 6.92. The molecule has 1 aliphatic heterocycles. The third-order valence-corrected chi connectivity index (χ3v) is 4.70. The van der Waals surface area contributed by atoms with E-state index in [0.717, 1.165) is 31.1 Å². The molecule has 2 aromatic heterocycles. The SMILES string of the molecule is CN(CCn1cccnc1=O)C1CN(c2ccc(C(C)(C)C)nn2)C1. The van der Waals surface area contributed by atoms with E-state index in [9.17, 15) is 4.79 Å². The molecule has 0 unspecified atom stereocenters. The van der Waals surface area contributed by atoms with E-state index in [1.165, 1.54) is 6.20 Å². The average Bonchev–Trinajstić information content (AvgIpc) is 2.52. The lowest BCUT2D eigenvalue weighted by atomic mass is 9.92. The first-order chi connectivity index (χ1) is 11.8. The van der Waals surface area contributed by atoms with Gasteiger partial charge < -0.3 is 4.90 Å². The molecule has 7 nitrogen and oxygen atoms in total. The first kappa shape index (κ1) is 17.5. The predicted octanol–water partition coefficient (Wildman–Crippen LogP) is 1.15. The molecule has 1 saturated heterocycles. The van der Waals surface area contributed by atoms with Gasteiger partial charge in [-0.15, -0.1) is 5.10 Å². The number of likely N-dealkylation sites (N-methyl/N-ethyl adjacent to an activating group) is 1. The lowest BCUT2D eigenvalue weighted by Gasteiger charge is -2.44. The summed E-state index contributed by atoms with van der Waals surface area (Å²) in [6.45, 7) is 9.75. The van der Waals surface area contributed by atoms with Gasteiger partial charge in [0.2, 0.25) is 0 Å². The smallest absolute Gasteiger partial charge is 0.347 e. The molecule has 0 radical (unpaired) electrons. The van der Waals surface area contributed by atoms with Gasteiger partial charge in [-0.25, -0.2) is 9.78 Å². The first-order valence-electron chi connectivity index (χ1n) is 8.65. The molecule has 1 aliphatic rings. The number of hydrogen-bond donors (Lipinski definition) is 0. The van der Waals surface area contributed by atoms with E-state index >= 15 is 0 Å². The quantitative estimate of drug-likeness (QED) is 0.812. The van der Waals surface area contributed by atoms with Crippen molar-refractivity contribution in [2.24, 2.45) is 0 Å². The Morgan fingerprint density at radius 1 is 1.24 bits per heavy atom. The molecule has 3 heterocycles. The van der Waals surface area contributed by atoms with Gasteiger partial charge in [-0.2, -0.15) is 5.10 Å². The molecule has 0 bridgehead atoms. The Bertz CT molecular complexity index is 758. The van der Waals surface area contributed by atoms with Crippen molar-refractivity contribution in [3.05, 3.63) is 46.8 Å². The third kappa shape index (κ3) is 4.04. The van der Waals surface area contributed by atoms with Crippen LogP contribution in [0.3, 0.4) is 0 Å². The van der Waals surface area contributed by atoms with Crippen molar-refractivity contribution in [1.82, 2.24) is 24.6 Å². The van der Waals surface area contributed by atoms with Gasteiger partial charge in [-0.1, -0.05) is 20.8 Å². The largest absolute Gasteiger partial charge is 0.352 e. The lowest BCUT2D eigenvalue weighted by molar-refractivity contribution is 0.196. The molecule has 134 valence electrons. The Balaban J connectivity index is 1.50. The van der Waals surface area contributed by atoms with E-state index in [1.807, 2.05) is 0 Å². The minimum atomic E-state index is -0.194. The molecule has 1 fully saturated rings. The van der Waals surface area contributed by atoms with Crippen LogP contribution < -0.4 is 10.6 Å². The van der Waals surface area contributed by atoms with Crippen LogP contribution in [0.5, 0.6) is 0 Å². The summed E-state index contributed by atoms with van der Waals surface area (Å²) in [6.07, 6.45) is 3.31. The Morgan fingerprint density at radius 2 is 2.00 bits per heavy atom. The van der Waals surface area contributed by atoms with Crippen LogP contribution >= 0.6 is 0 Å². The minimum absolute atomic E-state index is 0.0214. The highest BCUT2D eigenvalue weighted by Crippen LogP contribution is 2.24. The van der Waals surface area contributed by atoms with Gasteiger partial charge in [0.15, 0.2) is 5.82 Å².